The van der Waals surface area contributed by atoms with Crippen LogP contribution in [0.25, 0.3) is 11.3 Å². The molecule has 0 aliphatic heterocycles. The van der Waals surface area contributed by atoms with E-state index in [0.717, 1.165) is 29.3 Å². The number of nitrogens with zero attached hydrogens (tertiary/aromatic N) is 1. The van der Waals surface area contributed by atoms with Crippen LogP contribution in [0.3, 0.4) is 0 Å². The van der Waals surface area contributed by atoms with E-state index in [1.54, 1.807) is 11.3 Å². The number of benzene rings is 1. The second kappa shape index (κ2) is 7.92. The Bertz CT molecular complexity index is 536. The van der Waals surface area contributed by atoms with E-state index in [0.29, 0.717) is 19.4 Å². The second-order valence-corrected chi connectivity index (χ2v) is 5.51. The van der Waals surface area contributed by atoms with Crippen molar-refractivity contribution in [1.29, 1.82) is 0 Å². The summed E-state index contributed by atoms with van der Waals surface area (Å²) in [6.07, 6.45) is 1.87. The summed E-state index contributed by atoms with van der Waals surface area (Å²) in [7, 11) is 0. The number of carbonyl (C=O) groups is 1. The van der Waals surface area contributed by atoms with Crippen LogP contribution in [0.15, 0.2) is 35.7 Å². The number of hydrogen-bond acceptors (Lipinski definition) is 4. The van der Waals surface area contributed by atoms with Crippen LogP contribution in [-0.2, 0) is 16.0 Å². The summed E-state index contributed by atoms with van der Waals surface area (Å²) in [5, 5.41) is 2.88. The van der Waals surface area contributed by atoms with Gasteiger partial charge in [0.2, 0.25) is 0 Å². The molecule has 0 spiro atoms. The summed E-state index contributed by atoms with van der Waals surface area (Å²) in [6.45, 7) is 3.30. The minimum Gasteiger partial charge on any atom is -0.381 e. The largest absolute Gasteiger partial charge is 0.381 e. The molecule has 0 aliphatic carbocycles. The average Bonchev–Trinajstić information content (AvgIpc) is 2.93. The van der Waals surface area contributed by atoms with Crippen LogP contribution in [0.2, 0.25) is 0 Å². The standard InChI is InChI=1S/C16H19NO2S/c1-2-9-19-10-8-14(18)11-16-17-15(12-20-16)13-6-4-3-5-7-13/h3-7,12H,2,8-11H2,1H3. The van der Waals surface area contributed by atoms with Crippen LogP contribution >= 0.6 is 11.3 Å². The first-order valence-corrected chi connectivity index (χ1v) is 7.77. The first-order chi connectivity index (χ1) is 9.79. The summed E-state index contributed by atoms with van der Waals surface area (Å²) in [5.41, 5.74) is 2.04. The minimum absolute atomic E-state index is 0.190. The van der Waals surface area contributed by atoms with Gasteiger partial charge < -0.3 is 4.74 Å². The Labute approximate surface area is 123 Å². The molecule has 0 amide bonds. The molecule has 0 saturated heterocycles. The third-order valence-corrected chi connectivity index (χ3v) is 3.69. The fourth-order valence-corrected chi connectivity index (χ4v) is 2.65. The Balaban J connectivity index is 1.85. The van der Waals surface area contributed by atoms with Gasteiger partial charge in [-0.3, -0.25) is 4.79 Å². The predicted molar refractivity (Wildman–Crippen MR) is 82.0 cm³/mol. The highest BCUT2D eigenvalue weighted by atomic mass is 32.1. The Hall–Kier alpha value is -1.52. The zero-order valence-electron chi connectivity index (χ0n) is 11.7. The summed E-state index contributed by atoms with van der Waals surface area (Å²) < 4.78 is 5.33. The molecule has 1 aromatic carbocycles. The van der Waals surface area contributed by atoms with Crippen LogP contribution in [0.1, 0.15) is 24.8 Å². The molecule has 0 bridgehead atoms. The van der Waals surface area contributed by atoms with Crippen molar-refractivity contribution in [2.24, 2.45) is 0 Å². The summed E-state index contributed by atoms with van der Waals surface area (Å²) in [6, 6.07) is 10.0. The zero-order chi connectivity index (χ0) is 14.2. The van der Waals surface area contributed by atoms with Gasteiger partial charge in [-0.2, -0.15) is 0 Å². The summed E-state index contributed by atoms with van der Waals surface area (Å²) in [5.74, 6) is 0.190. The number of carbonyl (C=O) groups excluding carboxylic acids is 1. The molecular weight excluding hydrogens is 270 g/mol. The van der Waals surface area contributed by atoms with Gasteiger partial charge in [-0.15, -0.1) is 11.3 Å². The van der Waals surface area contributed by atoms with Gasteiger partial charge in [0.05, 0.1) is 18.7 Å². The van der Waals surface area contributed by atoms with Crippen LogP contribution in [0.5, 0.6) is 0 Å². The monoisotopic (exact) mass is 289 g/mol. The van der Waals surface area contributed by atoms with Gasteiger partial charge in [0.15, 0.2) is 0 Å². The lowest BCUT2D eigenvalue weighted by Crippen LogP contribution is -2.07. The van der Waals surface area contributed by atoms with Crippen molar-refractivity contribution in [1.82, 2.24) is 4.98 Å². The highest BCUT2D eigenvalue weighted by molar-refractivity contribution is 7.10. The quantitative estimate of drug-likeness (QED) is 0.695. The number of Topliss-reactive ketones (excluding diaryl/α,β-unsaturated/α-hetero) is 1. The van der Waals surface area contributed by atoms with Crippen LogP contribution in [0.4, 0.5) is 0 Å². The lowest BCUT2D eigenvalue weighted by Gasteiger charge is -2.00. The molecule has 0 N–H and O–H groups in total. The Morgan fingerprint density at radius 1 is 1.25 bits per heavy atom. The number of hydrogen-bond donors (Lipinski definition) is 0. The topological polar surface area (TPSA) is 39.2 Å². The third-order valence-electron chi connectivity index (χ3n) is 2.84. The molecule has 20 heavy (non-hydrogen) atoms. The molecule has 0 aliphatic rings. The second-order valence-electron chi connectivity index (χ2n) is 4.57. The van der Waals surface area contributed by atoms with Crippen LogP contribution in [-0.4, -0.2) is 24.0 Å². The number of ketones is 1. The zero-order valence-corrected chi connectivity index (χ0v) is 12.5. The van der Waals surface area contributed by atoms with Crippen molar-refractivity contribution < 1.29 is 9.53 Å². The summed E-state index contributed by atoms with van der Waals surface area (Å²) >= 11 is 1.54. The van der Waals surface area contributed by atoms with E-state index in [2.05, 4.69) is 11.9 Å². The number of aromatic nitrogens is 1. The molecule has 2 aromatic rings. The third kappa shape index (κ3) is 4.54. The molecule has 1 heterocycles. The highest BCUT2D eigenvalue weighted by Crippen LogP contribution is 2.21. The van der Waals surface area contributed by atoms with Crippen molar-refractivity contribution in [3.63, 3.8) is 0 Å². The number of ether oxygens (including phenoxy) is 1. The molecule has 3 nitrogen and oxygen atoms in total. The smallest absolute Gasteiger partial charge is 0.141 e. The van der Waals surface area contributed by atoms with Gasteiger partial charge in [-0.25, -0.2) is 4.98 Å². The molecule has 0 fully saturated rings. The van der Waals surface area contributed by atoms with Crippen molar-refractivity contribution in [3.8, 4) is 11.3 Å². The Kier molecular flexibility index (Phi) is 5.89. The van der Waals surface area contributed by atoms with E-state index in [-0.39, 0.29) is 5.78 Å². The number of rotatable bonds is 8. The van der Waals surface area contributed by atoms with Gasteiger partial charge in [-0.05, 0) is 6.42 Å². The lowest BCUT2D eigenvalue weighted by atomic mass is 10.2. The van der Waals surface area contributed by atoms with Gasteiger partial charge in [0, 0.05) is 24.0 Å². The van der Waals surface area contributed by atoms with E-state index in [4.69, 9.17) is 4.74 Å². The Morgan fingerprint density at radius 3 is 2.80 bits per heavy atom. The van der Waals surface area contributed by atoms with Gasteiger partial charge in [-0.1, -0.05) is 37.3 Å². The minimum atomic E-state index is 0.190. The molecule has 2 rings (SSSR count). The summed E-state index contributed by atoms with van der Waals surface area (Å²) in [4.78, 5) is 16.3. The first kappa shape index (κ1) is 14.9. The molecule has 0 atom stereocenters. The van der Waals surface area contributed by atoms with E-state index >= 15 is 0 Å². The van der Waals surface area contributed by atoms with E-state index in [9.17, 15) is 4.79 Å². The average molecular weight is 289 g/mol. The van der Waals surface area contributed by atoms with Gasteiger partial charge in [0.1, 0.15) is 10.8 Å². The van der Waals surface area contributed by atoms with E-state index in [1.807, 2.05) is 35.7 Å². The van der Waals surface area contributed by atoms with Crippen molar-refractivity contribution in [3.05, 3.63) is 40.7 Å². The maximum Gasteiger partial charge on any atom is 0.141 e. The molecular formula is C16H19NO2S. The van der Waals surface area contributed by atoms with Crippen LogP contribution in [0, 0.1) is 0 Å². The first-order valence-electron chi connectivity index (χ1n) is 6.89. The van der Waals surface area contributed by atoms with E-state index < -0.39 is 0 Å². The molecule has 0 unspecified atom stereocenters. The van der Waals surface area contributed by atoms with Crippen LogP contribution < -0.4 is 0 Å². The fraction of sp³-hybridized carbons (Fsp3) is 0.375. The fourth-order valence-electron chi connectivity index (χ4n) is 1.82. The molecule has 0 saturated carbocycles. The molecule has 1 aromatic heterocycles. The van der Waals surface area contributed by atoms with Gasteiger partial charge in [0.25, 0.3) is 0 Å². The van der Waals surface area contributed by atoms with Crippen molar-refractivity contribution in [2.45, 2.75) is 26.2 Å². The molecule has 0 radical (unpaired) electrons. The molecule has 4 heteroatoms. The molecule has 106 valence electrons. The van der Waals surface area contributed by atoms with Crippen molar-refractivity contribution >= 4 is 17.1 Å². The lowest BCUT2D eigenvalue weighted by molar-refractivity contribution is -0.119. The van der Waals surface area contributed by atoms with Gasteiger partial charge >= 0.3 is 0 Å². The SMILES string of the molecule is CCCOCCC(=O)Cc1nc(-c2ccccc2)cs1. The maximum atomic E-state index is 11.8. The predicted octanol–water partition coefficient (Wildman–Crippen LogP) is 3.74. The normalized spacial score (nSPS) is 10.7. The maximum absolute atomic E-state index is 11.8. The van der Waals surface area contributed by atoms with E-state index in [1.165, 1.54) is 0 Å². The van der Waals surface area contributed by atoms with Crippen molar-refractivity contribution in [2.75, 3.05) is 13.2 Å². The highest BCUT2D eigenvalue weighted by Gasteiger charge is 2.09. The Morgan fingerprint density at radius 2 is 2.05 bits per heavy atom. The number of thiazole rings is 1.